The Kier molecular flexibility index (Phi) is 12.5. The molecule has 2 heteroatoms. The quantitative estimate of drug-likeness (QED) is 0.407. The van der Waals surface area contributed by atoms with E-state index >= 15 is 0 Å². The molecule has 0 aliphatic rings. The Morgan fingerprint density at radius 1 is 1.06 bits per heavy atom. The lowest BCUT2D eigenvalue weighted by molar-refractivity contribution is 0.158. The van der Waals surface area contributed by atoms with Crippen molar-refractivity contribution >= 4 is 0 Å². The number of hydrogen-bond donors (Lipinski definition) is 1. The first-order valence-corrected chi connectivity index (χ1v) is 6.70. The molecule has 0 atom stereocenters. The summed E-state index contributed by atoms with van der Waals surface area (Å²) in [7, 11) is 0. The van der Waals surface area contributed by atoms with E-state index in [1.807, 2.05) is 6.92 Å². The molecule has 1 N–H and O–H groups in total. The normalized spacial score (nSPS) is 10.6. The predicted molar refractivity (Wildman–Crippen MR) is 71.9 cm³/mol. The average molecular weight is 227 g/mol. The van der Waals surface area contributed by atoms with E-state index in [4.69, 9.17) is 4.74 Å². The maximum atomic E-state index is 5.39. The fourth-order valence-corrected chi connectivity index (χ4v) is 1.55. The molecule has 0 radical (unpaired) electrons. The van der Waals surface area contributed by atoms with Crippen molar-refractivity contribution in [1.29, 1.82) is 0 Å². The highest BCUT2D eigenvalue weighted by molar-refractivity contribution is 4.87. The van der Waals surface area contributed by atoms with Gasteiger partial charge in [-0.1, -0.05) is 51.2 Å². The van der Waals surface area contributed by atoms with E-state index in [2.05, 4.69) is 18.8 Å². The van der Waals surface area contributed by atoms with Crippen LogP contribution in [0.1, 0.15) is 52.4 Å². The van der Waals surface area contributed by atoms with Gasteiger partial charge in [-0.3, -0.25) is 0 Å². The summed E-state index contributed by atoms with van der Waals surface area (Å²) in [6.07, 6.45) is 8.17. The van der Waals surface area contributed by atoms with Gasteiger partial charge in [0.15, 0.2) is 0 Å². The van der Waals surface area contributed by atoms with E-state index < -0.39 is 0 Å². The molecule has 0 spiro atoms. The molecule has 0 aliphatic heterocycles. The lowest BCUT2D eigenvalue weighted by atomic mass is 10.1. The highest BCUT2D eigenvalue weighted by Crippen LogP contribution is 2.03. The zero-order valence-corrected chi connectivity index (χ0v) is 11.2. The van der Waals surface area contributed by atoms with Crippen molar-refractivity contribution in [3.05, 3.63) is 12.2 Å². The highest BCUT2D eigenvalue weighted by atomic mass is 16.5. The van der Waals surface area contributed by atoms with E-state index in [0.717, 1.165) is 25.3 Å². The Morgan fingerprint density at radius 3 is 2.44 bits per heavy atom. The van der Waals surface area contributed by atoms with Gasteiger partial charge >= 0.3 is 0 Å². The molecule has 0 aromatic carbocycles. The highest BCUT2D eigenvalue weighted by Gasteiger charge is 1.91. The van der Waals surface area contributed by atoms with E-state index in [-0.39, 0.29) is 0 Å². The molecule has 0 rings (SSSR count). The van der Waals surface area contributed by atoms with Crippen molar-refractivity contribution in [1.82, 2.24) is 5.32 Å². The van der Waals surface area contributed by atoms with Crippen molar-refractivity contribution in [2.24, 2.45) is 0 Å². The van der Waals surface area contributed by atoms with Gasteiger partial charge in [-0.2, -0.15) is 0 Å². The van der Waals surface area contributed by atoms with Crippen LogP contribution in [0.3, 0.4) is 0 Å². The van der Waals surface area contributed by atoms with Crippen LogP contribution in [0.2, 0.25) is 0 Å². The van der Waals surface area contributed by atoms with E-state index in [1.165, 1.54) is 38.5 Å². The lowest BCUT2D eigenvalue weighted by Crippen LogP contribution is -2.21. The summed E-state index contributed by atoms with van der Waals surface area (Å²) < 4.78 is 5.39. The maximum Gasteiger partial charge on any atom is 0.0672 e. The van der Waals surface area contributed by atoms with Crippen LogP contribution < -0.4 is 5.32 Å². The fourth-order valence-electron chi connectivity index (χ4n) is 1.55. The minimum Gasteiger partial charge on any atom is -0.376 e. The van der Waals surface area contributed by atoms with Gasteiger partial charge in [0.05, 0.1) is 13.2 Å². The number of nitrogens with one attached hydrogen (secondary N) is 1. The topological polar surface area (TPSA) is 21.3 Å². The van der Waals surface area contributed by atoms with Gasteiger partial charge < -0.3 is 10.1 Å². The SMILES string of the molecule is C=C(C)COCCNCCCCCCCC. The predicted octanol–water partition coefficient (Wildman–Crippen LogP) is 3.53. The minimum absolute atomic E-state index is 0.693. The van der Waals surface area contributed by atoms with E-state index in [1.54, 1.807) is 0 Å². The van der Waals surface area contributed by atoms with Crippen LogP contribution in [0.25, 0.3) is 0 Å². The first-order chi connectivity index (χ1) is 7.77. The Balaban J connectivity index is 2.90. The Morgan fingerprint density at radius 2 is 1.75 bits per heavy atom. The number of ether oxygens (including phenoxy) is 1. The molecule has 0 fully saturated rings. The second-order valence-electron chi connectivity index (χ2n) is 4.53. The minimum atomic E-state index is 0.693. The second kappa shape index (κ2) is 12.7. The summed E-state index contributed by atoms with van der Waals surface area (Å²) in [5.74, 6) is 0. The molecule has 0 aromatic rings. The van der Waals surface area contributed by atoms with Crippen LogP contribution in [-0.4, -0.2) is 26.3 Å². The summed E-state index contributed by atoms with van der Waals surface area (Å²) in [6, 6.07) is 0. The molecular formula is C14H29NO. The molecule has 0 saturated heterocycles. The van der Waals surface area contributed by atoms with Crippen molar-refractivity contribution < 1.29 is 4.74 Å². The largest absolute Gasteiger partial charge is 0.376 e. The van der Waals surface area contributed by atoms with Crippen LogP contribution in [0.4, 0.5) is 0 Å². The van der Waals surface area contributed by atoms with Gasteiger partial charge in [0, 0.05) is 6.54 Å². The number of unbranched alkanes of at least 4 members (excludes halogenated alkanes) is 5. The molecule has 0 aliphatic carbocycles. The van der Waals surface area contributed by atoms with Gasteiger partial charge in [-0.25, -0.2) is 0 Å². The summed E-state index contributed by atoms with van der Waals surface area (Å²) >= 11 is 0. The Bertz CT molecular complexity index is 157. The van der Waals surface area contributed by atoms with E-state index in [9.17, 15) is 0 Å². The standard InChI is InChI=1S/C14H29NO/c1-4-5-6-7-8-9-10-15-11-12-16-13-14(2)3/h15H,2,4-13H2,1,3H3. The molecule has 0 heterocycles. The molecule has 0 saturated carbocycles. The summed E-state index contributed by atoms with van der Waals surface area (Å²) in [5, 5.41) is 3.40. The number of rotatable bonds is 12. The van der Waals surface area contributed by atoms with Crippen molar-refractivity contribution in [2.45, 2.75) is 52.4 Å². The molecule has 0 unspecified atom stereocenters. The van der Waals surface area contributed by atoms with Gasteiger partial charge in [0.1, 0.15) is 0 Å². The van der Waals surface area contributed by atoms with Crippen LogP contribution >= 0.6 is 0 Å². The molecule has 16 heavy (non-hydrogen) atoms. The van der Waals surface area contributed by atoms with Crippen molar-refractivity contribution in [3.63, 3.8) is 0 Å². The Hall–Kier alpha value is -0.340. The third kappa shape index (κ3) is 13.7. The Labute approximate surface area is 101 Å². The van der Waals surface area contributed by atoms with Crippen LogP contribution in [0.15, 0.2) is 12.2 Å². The summed E-state index contributed by atoms with van der Waals surface area (Å²) in [5.41, 5.74) is 1.09. The summed E-state index contributed by atoms with van der Waals surface area (Å²) in [4.78, 5) is 0. The van der Waals surface area contributed by atoms with Crippen molar-refractivity contribution in [2.75, 3.05) is 26.3 Å². The van der Waals surface area contributed by atoms with E-state index in [0.29, 0.717) is 6.61 Å². The van der Waals surface area contributed by atoms with Gasteiger partial charge in [-0.05, 0) is 19.9 Å². The third-order valence-corrected chi connectivity index (χ3v) is 2.48. The van der Waals surface area contributed by atoms with Crippen LogP contribution in [0.5, 0.6) is 0 Å². The molecule has 0 bridgehead atoms. The zero-order chi connectivity index (χ0) is 12.1. The first kappa shape index (κ1) is 15.7. The fraction of sp³-hybridized carbons (Fsp3) is 0.857. The lowest BCUT2D eigenvalue weighted by Gasteiger charge is -2.06. The maximum absolute atomic E-state index is 5.39. The average Bonchev–Trinajstić information content (AvgIpc) is 2.25. The molecule has 0 aromatic heterocycles. The second-order valence-corrected chi connectivity index (χ2v) is 4.53. The van der Waals surface area contributed by atoms with Crippen molar-refractivity contribution in [3.8, 4) is 0 Å². The van der Waals surface area contributed by atoms with Gasteiger partial charge in [0.2, 0.25) is 0 Å². The van der Waals surface area contributed by atoms with Crippen LogP contribution in [0, 0.1) is 0 Å². The molecule has 96 valence electrons. The molecule has 0 amide bonds. The zero-order valence-electron chi connectivity index (χ0n) is 11.2. The summed E-state index contributed by atoms with van der Waals surface area (Å²) in [6.45, 7) is 11.6. The first-order valence-electron chi connectivity index (χ1n) is 6.70. The van der Waals surface area contributed by atoms with Gasteiger partial charge in [-0.15, -0.1) is 0 Å². The van der Waals surface area contributed by atoms with Gasteiger partial charge in [0.25, 0.3) is 0 Å². The molecular weight excluding hydrogens is 198 g/mol. The third-order valence-electron chi connectivity index (χ3n) is 2.48. The van der Waals surface area contributed by atoms with Crippen LogP contribution in [-0.2, 0) is 4.74 Å². The number of hydrogen-bond acceptors (Lipinski definition) is 2. The molecule has 2 nitrogen and oxygen atoms in total. The smallest absolute Gasteiger partial charge is 0.0672 e. The monoisotopic (exact) mass is 227 g/mol.